The fourth-order valence-corrected chi connectivity index (χ4v) is 13.1. The highest BCUT2D eigenvalue weighted by molar-refractivity contribution is 7.61. The molecule has 0 saturated carbocycles. The van der Waals surface area contributed by atoms with Gasteiger partial charge in [0.1, 0.15) is 54.8 Å². The Kier molecular flexibility index (Phi) is 43.7. The quantitative estimate of drug-likeness (QED) is 0.0207. The standard InChI is InChI=1S/C75H124N2O18P2/c1-51(2)27-17-28-52(3)29-18-30-53(4)31-19-32-54(5)33-20-34-55(6)35-21-36-56(7)37-22-38-57(8)39-23-40-58(9)41-24-42-59(10)43-25-44-60(11)45-26-46-61(12)47-48-89-96(85,86)95-97(87,88)94-75-69(77-65(16)82)73(90-63(14)62(13)80)72(67(50-79)92-75)93-74-68(76-64(15)81)71(84)70(83)66(49-78)91-74/h27,29,31,33,35,37,39,41,43,45,47,63,66-75,78-79,83-84H,17-26,28,30,32,34,36,38,40,42,44,46,48-50H2,1-16H3,(H,76,81)(H,77,82)(H,85,86)(H,87,88)/b52-29+,53-31+,54-33+,55-35-,56-37-,57-39-,58-41-,59-43-,60-45-,61-47-/t63-,66-,67-,68-,69-,70-,71-,72-,73-,74-,75-/m1/s1. The minimum Gasteiger partial charge on any atom is -0.394 e. The molecule has 2 saturated heterocycles. The highest BCUT2D eigenvalue weighted by Gasteiger charge is 2.55. The zero-order valence-electron chi connectivity index (χ0n) is 61.4. The Hall–Kier alpha value is -4.31. The first-order valence-corrected chi connectivity index (χ1v) is 37.8. The Balaban J connectivity index is 1.80. The van der Waals surface area contributed by atoms with Gasteiger partial charge in [0, 0.05) is 13.8 Å². The number of ether oxygens (including phenoxy) is 4. The molecule has 20 nitrogen and oxygen atoms in total. The van der Waals surface area contributed by atoms with Crippen molar-refractivity contribution < 1.29 is 86.0 Å². The summed E-state index contributed by atoms with van der Waals surface area (Å²) < 4.78 is 64.9. The maximum Gasteiger partial charge on any atom is 0.483 e. The van der Waals surface area contributed by atoms with Crippen LogP contribution in [0.15, 0.2) is 128 Å². The van der Waals surface area contributed by atoms with Crippen molar-refractivity contribution in [2.24, 2.45) is 0 Å². The van der Waals surface area contributed by atoms with Gasteiger partial charge in [-0.25, -0.2) is 9.13 Å². The Morgan fingerprint density at radius 3 is 1.07 bits per heavy atom. The summed E-state index contributed by atoms with van der Waals surface area (Å²) in [6, 6.07) is -3.23. The van der Waals surface area contributed by atoms with Crippen LogP contribution in [-0.2, 0) is 55.8 Å². The molecule has 0 radical (unpaired) electrons. The molecule has 2 amide bonds. The smallest absolute Gasteiger partial charge is 0.394 e. The number of aliphatic hydroxyl groups is 4. The lowest BCUT2D eigenvalue weighted by Gasteiger charge is -2.49. The van der Waals surface area contributed by atoms with Crippen LogP contribution in [0.5, 0.6) is 0 Å². The summed E-state index contributed by atoms with van der Waals surface area (Å²) >= 11 is 0. The monoisotopic (exact) mass is 1400 g/mol. The summed E-state index contributed by atoms with van der Waals surface area (Å²) in [6.45, 7) is 28.6. The molecule has 13 atom stereocenters. The van der Waals surface area contributed by atoms with E-state index in [-0.39, 0.29) is 0 Å². The third-order valence-electron chi connectivity index (χ3n) is 17.2. The molecular weight excluding hydrogens is 1280 g/mol. The normalized spacial score (nSPS) is 24.8. The number of aliphatic hydroxyl groups excluding tert-OH is 4. The molecule has 2 heterocycles. The fourth-order valence-electron chi connectivity index (χ4n) is 11.0. The van der Waals surface area contributed by atoms with Crippen molar-refractivity contribution >= 4 is 33.2 Å². The fraction of sp³-hybridized carbons (Fsp3) is 0.667. The van der Waals surface area contributed by atoms with E-state index in [0.717, 1.165) is 135 Å². The first-order chi connectivity index (χ1) is 45.6. The molecule has 2 fully saturated rings. The Bertz CT molecular complexity index is 2890. The van der Waals surface area contributed by atoms with Crippen LogP contribution in [0.4, 0.5) is 0 Å². The van der Waals surface area contributed by atoms with Gasteiger partial charge < -0.3 is 59.8 Å². The predicted molar refractivity (Wildman–Crippen MR) is 386 cm³/mol. The predicted octanol–water partition coefficient (Wildman–Crippen LogP) is 15.4. The van der Waals surface area contributed by atoms with E-state index >= 15 is 0 Å². The van der Waals surface area contributed by atoms with Crippen LogP contribution < -0.4 is 10.6 Å². The van der Waals surface area contributed by atoms with Gasteiger partial charge in [-0.1, -0.05) is 128 Å². The molecule has 552 valence electrons. The molecule has 2 unspecified atom stereocenters. The molecule has 0 spiro atoms. The van der Waals surface area contributed by atoms with E-state index in [9.17, 15) is 53.7 Å². The second-order valence-corrected chi connectivity index (χ2v) is 29.9. The summed E-state index contributed by atoms with van der Waals surface area (Å²) in [5, 5.41) is 46.7. The summed E-state index contributed by atoms with van der Waals surface area (Å²) in [5.41, 5.74) is 15.1. The van der Waals surface area contributed by atoms with E-state index in [2.05, 4.69) is 152 Å². The van der Waals surface area contributed by atoms with Crippen molar-refractivity contribution in [2.75, 3.05) is 19.8 Å². The molecular formula is C75H124N2O18P2. The number of phosphoric acid groups is 2. The largest absolute Gasteiger partial charge is 0.483 e. The number of hydrogen-bond donors (Lipinski definition) is 8. The molecule has 8 N–H and O–H groups in total. The van der Waals surface area contributed by atoms with Crippen LogP contribution in [-0.4, -0.2) is 135 Å². The average Bonchev–Trinajstić information content (AvgIpc) is 0.773. The number of allylic oxidation sites excluding steroid dienone is 21. The van der Waals surface area contributed by atoms with Crippen molar-refractivity contribution in [2.45, 2.75) is 307 Å². The highest BCUT2D eigenvalue weighted by Crippen LogP contribution is 2.61. The third kappa shape index (κ3) is 38.9. The van der Waals surface area contributed by atoms with Gasteiger partial charge in [0.15, 0.2) is 18.4 Å². The summed E-state index contributed by atoms with van der Waals surface area (Å²) in [4.78, 5) is 58.7. The molecule has 0 aromatic rings. The van der Waals surface area contributed by atoms with Gasteiger partial charge in [0.2, 0.25) is 11.8 Å². The zero-order chi connectivity index (χ0) is 72.8. The first-order valence-electron chi connectivity index (χ1n) is 34.8. The molecule has 2 aliphatic rings. The molecule has 2 aliphatic heterocycles. The second kappa shape index (κ2) is 47.7. The number of ketones is 1. The molecule has 0 aromatic carbocycles. The number of phosphoric ester groups is 2. The third-order valence-corrected chi connectivity index (χ3v) is 19.8. The maximum absolute atomic E-state index is 13.5. The van der Waals surface area contributed by atoms with Crippen molar-refractivity contribution in [1.82, 2.24) is 10.6 Å². The van der Waals surface area contributed by atoms with E-state index in [0.29, 0.717) is 12.8 Å². The molecule has 0 aromatic heterocycles. The first kappa shape index (κ1) is 88.8. The van der Waals surface area contributed by atoms with Crippen LogP contribution >= 0.6 is 15.6 Å². The summed E-state index contributed by atoms with van der Waals surface area (Å²) in [5.74, 6) is -2.03. The van der Waals surface area contributed by atoms with Gasteiger partial charge in [0.05, 0.1) is 19.8 Å². The van der Waals surface area contributed by atoms with Crippen molar-refractivity contribution in [3.8, 4) is 0 Å². The molecule has 2 rings (SSSR count). The Morgan fingerprint density at radius 2 is 0.753 bits per heavy atom. The molecule has 97 heavy (non-hydrogen) atoms. The number of hydrogen-bond acceptors (Lipinski definition) is 16. The van der Waals surface area contributed by atoms with Crippen LogP contribution in [0.25, 0.3) is 0 Å². The lowest BCUT2D eigenvalue weighted by Crippen LogP contribution is -2.70. The number of amides is 2. The van der Waals surface area contributed by atoms with E-state index in [4.69, 9.17) is 28.0 Å². The lowest BCUT2D eigenvalue weighted by molar-refractivity contribution is -0.331. The van der Waals surface area contributed by atoms with Crippen LogP contribution in [0.1, 0.15) is 239 Å². The number of carbonyl (C=O) groups excluding carboxylic acids is 3. The van der Waals surface area contributed by atoms with E-state index in [1.54, 1.807) is 6.92 Å². The van der Waals surface area contributed by atoms with Gasteiger partial charge in [0.25, 0.3) is 0 Å². The summed E-state index contributed by atoms with van der Waals surface area (Å²) in [7, 11) is -11.0. The van der Waals surface area contributed by atoms with Crippen molar-refractivity contribution in [3.05, 3.63) is 128 Å². The van der Waals surface area contributed by atoms with E-state index in [1.807, 2.05) is 0 Å². The van der Waals surface area contributed by atoms with Gasteiger partial charge >= 0.3 is 15.6 Å². The van der Waals surface area contributed by atoms with Gasteiger partial charge in [-0.15, -0.1) is 0 Å². The SMILES string of the molecule is CC(=O)N[C@H]1[C@@H](O[C@H]2[C@H](O[C@H](C)C(C)=O)[C@@H](NC(C)=O)[C@@H](OP(=O)(O)OP(=O)(O)OC/C=C(/C)CC/C=C(/C)CC/C=C(/C)CC/C=C(/C)CC/C=C(/C)CC/C=C(/C)CC/C=C(/C)CC/C=C(\C)CC/C=C(\C)CC/C=C(\C)CCC=C(C)C)O[C@@H]2CO)O[C@H](CO)[C@@H](O)[C@@H]1O. The molecule has 22 heteroatoms. The Labute approximate surface area is 581 Å². The average molecular weight is 1400 g/mol. The molecule has 0 bridgehead atoms. The van der Waals surface area contributed by atoms with Crippen LogP contribution in [0.3, 0.4) is 0 Å². The maximum atomic E-state index is 13.5. The minimum absolute atomic E-state index is 0.491. The van der Waals surface area contributed by atoms with E-state index < -0.39 is 120 Å². The van der Waals surface area contributed by atoms with Crippen molar-refractivity contribution in [3.63, 3.8) is 0 Å². The number of nitrogens with one attached hydrogen (secondary N) is 2. The van der Waals surface area contributed by atoms with E-state index in [1.165, 1.54) is 75.7 Å². The topological polar surface area (TPSA) is 295 Å². The number of Topliss-reactive ketones (excluding diaryl/α,β-unsaturated/α-hetero) is 1. The highest BCUT2D eigenvalue weighted by atomic mass is 31.3. The second-order valence-electron chi connectivity index (χ2n) is 26.9. The number of rotatable bonds is 46. The van der Waals surface area contributed by atoms with Crippen LogP contribution in [0.2, 0.25) is 0 Å². The van der Waals surface area contributed by atoms with Crippen molar-refractivity contribution in [1.29, 1.82) is 0 Å². The van der Waals surface area contributed by atoms with Gasteiger partial charge in [-0.05, 0) is 225 Å². The van der Waals surface area contributed by atoms with Crippen LogP contribution in [0, 0.1) is 0 Å². The minimum atomic E-state index is -5.69. The zero-order valence-corrected chi connectivity index (χ0v) is 63.2. The number of carbonyl (C=O) groups is 3. The Morgan fingerprint density at radius 1 is 0.433 bits per heavy atom. The molecule has 0 aliphatic carbocycles. The van der Waals surface area contributed by atoms with Gasteiger partial charge in [-0.2, -0.15) is 4.31 Å². The summed E-state index contributed by atoms with van der Waals surface area (Å²) in [6.07, 6.45) is 30.9. The lowest BCUT2D eigenvalue weighted by atomic mass is 9.94. The van der Waals surface area contributed by atoms with Gasteiger partial charge in [-0.3, -0.25) is 23.4 Å².